The predicted octanol–water partition coefficient (Wildman–Crippen LogP) is 3.14. The van der Waals surface area contributed by atoms with Crippen molar-refractivity contribution in [3.63, 3.8) is 0 Å². The van der Waals surface area contributed by atoms with Gasteiger partial charge >= 0.3 is 6.18 Å². The summed E-state index contributed by atoms with van der Waals surface area (Å²) in [7, 11) is 0. The number of hydrogen-bond donors (Lipinski definition) is 2. The van der Waals surface area contributed by atoms with E-state index in [1.165, 1.54) is 36.7 Å². The van der Waals surface area contributed by atoms with Crippen LogP contribution < -0.4 is 10.7 Å². The van der Waals surface area contributed by atoms with E-state index in [2.05, 4.69) is 10.3 Å². The maximum atomic E-state index is 13.0. The monoisotopic (exact) mass is 322 g/mol. The molecule has 0 unspecified atom stereocenters. The minimum absolute atomic E-state index is 0.0901. The summed E-state index contributed by atoms with van der Waals surface area (Å²) < 4.78 is 39.1. The van der Waals surface area contributed by atoms with Crippen LogP contribution in [-0.2, 0) is 11.0 Å². The molecule has 0 bridgehead atoms. The number of halogens is 3. The highest BCUT2D eigenvalue weighted by atomic mass is 19.4. The zero-order chi connectivity index (χ0) is 16.6. The molecule has 0 radical (unpaired) electrons. The highest BCUT2D eigenvalue weighted by Crippen LogP contribution is 2.51. The number of nitrogens with one attached hydrogen (secondary N) is 2. The highest BCUT2D eigenvalue weighted by molar-refractivity contribution is 5.95. The minimum atomic E-state index is -4.45. The second kappa shape index (κ2) is 5.57. The topological polar surface area (TPSA) is 62.0 Å². The number of alkyl halides is 3. The molecule has 1 aliphatic carbocycles. The van der Waals surface area contributed by atoms with Crippen molar-refractivity contribution >= 4 is 11.6 Å². The zero-order valence-corrected chi connectivity index (χ0v) is 11.9. The molecular weight excluding hydrogens is 309 g/mol. The number of aromatic nitrogens is 1. The Morgan fingerprint density at radius 1 is 1.22 bits per heavy atom. The summed E-state index contributed by atoms with van der Waals surface area (Å²) in [6, 6.07) is 6.53. The summed E-state index contributed by atoms with van der Waals surface area (Å²) in [5.74, 6) is -1.47. The van der Waals surface area contributed by atoms with Gasteiger partial charge in [0.1, 0.15) is 5.69 Å². The molecule has 3 rings (SSSR count). The van der Waals surface area contributed by atoms with Crippen molar-refractivity contribution in [2.75, 3.05) is 5.32 Å². The van der Waals surface area contributed by atoms with E-state index in [0.29, 0.717) is 6.42 Å². The third-order valence-electron chi connectivity index (χ3n) is 3.87. The van der Waals surface area contributed by atoms with E-state index in [9.17, 15) is 22.8 Å². The molecule has 1 saturated carbocycles. The van der Waals surface area contributed by atoms with Gasteiger partial charge in [-0.1, -0.05) is 18.2 Å². The Balaban J connectivity index is 1.77. The Labute approximate surface area is 129 Å². The second-order valence-electron chi connectivity index (χ2n) is 5.45. The first kappa shape index (κ1) is 15.3. The Hall–Kier alpha value is -2.57. The van der Waals surface area contributed by atoms with E-state index in [1.54, 1.807) is 0 Å². The van der Waals surface area contributed by atoms with E-state index in [0.717, 1.165) is 6.07 Å². The van der Waals surface area contributed by atoms with Crippen LogP contribution in [0.1, 0.15) is 23.5 Å². The van der Waals surface area contributed by atoms with Gasteiger partial charge in [0, 0.05) is 24.4 Å². The Bertz CT molecular complexity index is 798. The lowest BCUT2D eigenvalue weighted by Gasteiger charge is -2.12. The summed E-state index contributed by atoms with van der Waals surface area (Å²) >= 11 is 0. The summed E-state index contributed by atoms with van der Waals surface area (Å²) in [6.45, 7) is 0. The molecule has 1 aromatic heterocycles. The Kier molecular flexibility index (Phi) is 3.71. The quantitative estimate of drug-likeness (QED) is 0.912. The van der Waals surface area contributed by atoms with Crippen molar-refractivity contribution < 1.29 is 18.0 Å². The van der Waals surface area contributed by atoms with Crippen molar-refractivity contribution in [1.82, 2.24) is 4.98 Å². The van der Waals surface area contributed by atoms with Crippen molar-refractivity contribution in [1.29, 1.82) is 0 Å². The smallest absolute Gasteiger partial charge is 0.366 e. The molecule has 0 spiro atoms. The maximum absolute atomic E-state index is 13.0. The summed E-state index contributed by atoms with van der Waals surface area (Å²) in [5.41, 5.74) is -0.850. The van der Waals surface area contributed by atoms with Crippen LogP contribution in [0.5, 0.6) is 0 Å². The van der Waals surface area contributed by atoms with Gasteiger partial charge in [0.05, 0.1) is 5.56 Å². The summed E-state index contributed by atoms with van der Waals surface area (Å²) in [5, 5.41) is 2.47. The Morgan fingerprint density at radius 3 is 2.65 bits per heavy atom. The first-order valence-corrected chi connectivity index (χ1v) is 7.02. The van der Waals surface area contributed by atoms with Crippen LogP contribution >= 0.6 is 0 Å². The van der Waals surface area contributed by atoms with E-state index in [1.807, 2.05) is 0 Å². The number of pyridine rings is 1. The fraction of sp³-hybridized carbons (Fsp3) is 0.250. The normalized spacial score (nSPS) is 20.1. The third-order valence-corrected chi connectivity index (χ3v) is 3.87. The van der Waals surface area contributed by atoms with Crippen LogP contribution in [0.3, 0.4) is 0 Å². The molecule has 4 nitrogen and oxygen atoms in total. The number of rotatable bonds is 3. The molecule has 1 aliphatic rings. The number of carbonyl (C=O) groups excluding carboxylic acids is 1. The van der Waals surface area contributed by atoms with E-state index in [4.69, 9.17) is 0 Å². The molecule has 1 amide bonds. The zero-order valence-electron chi connectivity index (χ0n) is 11.9. The highest BCUT2D eigenvalue weighted by Gasteiger charge is 2.47. The lowest BCUT2D eigenvalue weighted by atomic mass is 10.0. The first-order valence-electron chi connectivity index (χ1n) is 7.02. The summed E-state index contributed by atoms with van der Waals surface area (Å²) in [6.07, 6.45) is -1.33. The molecule has 0 saturated heterocycles. The van der Waals surface area contributed by atoms with Gasteiger partial charge in [0.2, 0.25) is 11.3 Å². The predicted molar refractivity (Wildman–Crippen MR) is 78.0 cm³/mol. The molecule has 120 valence electrons. The van der Waals surface area contributed by atoms with E-state index in [-0.39, 0.29) is 16.7 Å². The SMILES string of the molecule is O=C(Nc1c[nH]ccc1=O)[C@@H]1C[C@@H]1c1ccccc1C(F)(F)F. The van der Waals surface area contributed by atoms with Crippen LogP contribution in [0, 0.1) is 5.92 Å². The van der Waals surface area contributed by atoms with Gasteiger partial charge in [-0.25, -0.2) is 0 Å². The van der Waals surface area contributed by atoms with Gasteiger partial charge in [-0.15, -0.1) is 0 Å². The fourth-order valence-corrected chi connectivity index (χ4v) is 2.65. The number of amides is 1. The molecule has 0 aliphatic heterocycles. The molecule has 1 fully saturated rings. The standard InChI is InChI=1S/C16H13F3N2O2/c17-16(18,19)12-4-2-1-3-9(12)10-7-11(10)15(23)21-13-8-20-6-5-14(13)22/h1-6,8,10-11H,7H2,(H,20,22)(H,21,23)/t10-,11-/m1/s1. The number of carbonyl (C=O) groups is 1. The number of benzene rings is 1. The van der Waals surface area contributed by atoms with Gasteiger partial charge < -0.3 is 10.3 Å². The molecule has 2 N–H and O–H groups in total. The number of hydrogen-bond acceptors (Lipinski definition) is 2. The largest absolute Gasteiger partial charge is 0.416 e. The van der Waals surface area contributed by atoms with E-state index >= 15 is 0 Å². The van der Waals surface area contributed by atoms with Gasteiger partial charge in [-0.3, -0.25) is 9.59 Å². The lowest BCUT2D eigenvalue weighted by Crippen LogP contribution is -2.20. The molecule has 1 heterocycles. The Morgan fingerprint density at radius 2 is 1.96 bits per heavy atom. The molecule has 7 heteroatoms. The van der Waals surface area contributed by atoms with Crippen molar-refractivity contribution in [3.8, 4) is 0 Å². The minimum Gasteiger partial charge on any atom is -0.366 e. The van der Waals surface area contributed by atoms with Gasteiger partial charge in [0.25, 0.3) is 0 Å². The number of H-pyrrole nitrogens is 1. The second-order valence-corrected chi connectivity index (χ2v) is 5.45. The van der Waals surface area contributed by atoms with Gasteiger partial charge in [0.15, 0.2) is 0 Å². The van der Waals surface area contributed by atoms with Crippen LogP contribution in [0.15, 0.2) is 47.5 Å². The van der Waals surface area contributed by atoms with E-state index < -0.39 is 29.5 Å². The van der Waals surface area contributed by atoms with Crippen LogP contribution in [-0.4, -0.2) is 10.9 Å². The summed E-state index contributed by atoms with van der Waals surface area (Å²) in [4.78, 5) is 26.4. The van der Waals surface area contributed by atoms with Crippen LogP contribution in [0.2, 0.25) is 0 Å². The molecular formula is C16H13F3N2O2. The third kappa shape index (κ3) is 3.13. The maximum Gasteiger partial charge on any atom is 0.416 e. The van der Waals surface area contributed by atoms with Gasteiger partial charge in [-0.2, -0.15) is 13.2 Å². The molecule has 1 aromatic carbocycles. The van der Waals surface area contributed by atoms with Crippen molar-refractivity contribution in [3.05, 3.63) is 64.1 Å². The molecule has 2 atom stereocenters. The number of aromatic amines is 1. The molecule has 2 aromatic rings. The molecule has 23 heavy (non-hydrogen) atoms. The first-order chi connectivity index (χ1) is 10.9. The van der Waals surface area contributed by atoms with Gasteiger partial charge in [-0.05, 0) is 24.0 Å². The lowest BCUT2D eigenvalue weighted by molar-refractivity contribution is -0.138. The number of anilines is 1. The van der Waals surface area contributed by atoms with Crippen molar-refractivity contribution in [2.45, 2.75) is 18.5 Å². The van der Waals surface area contributed by atoms with Crippen LogP contribution in [0.4, 0.5) is 18.9 Å². The average Bonchev–Trinajstić information content (AvgIpc) is 3.29. The fourth-order valence-electron chi connectivity index (χ4n) is 2.65. The average molecular weight is 322 g/mol. The van der Waals surface area contributed by atoms with Crippen molar-refractivity contribution in [2.24, 2.45) is 5.92 Å². The van der Waals surface area contributed by atoms with Crippen LogP contribution in [0.25, 0.3) is 0 Å².